The minimum Gasteiger partial charge on any atom is -0.402 e. The normalized spacial score (nSPS) is 28.2. The summed E-state index contributed by atoms with van der Waals surface area (Å²) < 4.78 is 25.4. The number of amides is 1. The first-order valence-corrected chi connectivity index (χ1v) is 6.02. The number of nitrogens with two attached hydrogens (primary N) is 1. The molecule has 2 bridgehead atoms. The zero-order valence-corrected chi connectivity index (χ0v) is 9.96. The van der Waals surface area contributed by atoms with Gasteiger partial charge in [0.25, 0.3) is 0 Å². The van der Waals surface area contributed by atoms with Crippen molar-refractivity contribution in [2.24, 2.45) is 5.73 Å². The number of carbonyl (C=O) groups excluding carboxylic acids is 1. The van der Waals surface area contributed by atoms with Crippen molar-refractivity contribution in [3.63, 3.8) is 0 Å². The van der Waals surface area contributed by atoms with Gasteiger partial charge in [0.15, 0.2) is 0 Å². The Labute approximate surface area is 99.6 Å². The summed E-state index contributed by atoms with van der Waals surface area (Å²) in [5, 5.41) is 0. The molecule has 0 aromatic heterocycles. The van der Waals surface area contributed by atoms with Crippen LogP contribution in [0.25, 0.3) is 0 Å². The monoisotopic (exact) mass is 244 g/mol. The van der Waals surface area contributed by atoms with E-state index in [9.17, 15) is 13.6 Å². The highest BCUT2D eigenvalue weighted by molar-refractivity contribution is 5.78. The zero-order valence-electron chi connectivity index (χ0n) is 9.96. The molecule has 3 nitrogen and oxygen atoms in total. The number of hydrogen-bond donors (Lipinski definition) is 1. The highest BCUT2D eigenvalue weighted by Crippen LogP contribution is 2.34. The van der Waals surface area contributed by atoms with Crippen molar-refractivity contribution >= 4 is 5.91 Å². The second-order valence-corrected chi connectivity index (χ2v) is 5.12. The van der Waals surface area contributed by atoms with Crippen LogP contribution in [0.2, 0.25) is 0 Å². The van der Waals surface area contributed by atoms with Crippen LogP contribution in [0.5, 0.6) is 0 Å². The Morgan fingerprint density at radius 3 is 2.88 bits per heavy atom. The molecule has 1 amide bonds. The predicted octanol–water partition coefficient (Wildman–Crippen LogP) is 2.03. The second kappa shape index (κ2) is 4.27. The Morgan fingerprint density at radius 2 is 2.29 bits per heavy atom. The van der Waals surface area contributed by atoms with Gasteiger partial charge in [0, 0.05) is 31.0 Å². The van der Waals surface area contributed by atoms with Crippen molar-refractivity contribution in [1.82, 2.24) is 4.90 Å². The quantitative estimate of drug-likeness (QED) is 0.825. The van der Waals surface area contributed by atoms with Crippen LogP contribution in [-0.4, -0.2) is 28.8 Å². The molecule has 2 N–H and O–H groups in total. The van der Waals surface area contributed by atoms with Crippen LogP contribution in [0.4, 0.5) is 8.78 Å². The lowest BCUT2D eigenvalue weighted by atomic mass is 10.1. The van der Waals surface area contributed by atoms with Crippen molar-refractivity contribution in [2.45, 2.75) is 57.0 Å². The zero-order chi connectivity index (χ0) is 12.6. The molecule has 1 saturated heterocycles. The van der Waals surface area contributed by atoms with Gasteiger partial charge < -0.3 is 10.6 Å². The first-order chi connectivity index (χ1) is 7.87. The molecule has 1 fully saturated rings. The summed E-state index contributed by atoms with van der Waals surface area (Å²) in [5.74, 6) is -2.93. The van der Waals surface area contributed by atoms with Gasteiger partial charge in [-0.05, 0) is 25.8 Å². The third-order valence-electron chi connectivity index (χ3n) is 3.49. The number of rotatable bonds is 3. The van der Waals surface area contributed by atoms with Crippen molar-refractivity contribution in [2.75, 3.05) is 0 Å². The van der Waals surface area contributed by atoms with E-state index in [4.69, 9.17) is 5.73 Å². The van der Waals surface area contributed by atoms with Crippen molar-refractivity contribution < 1.29 is 13.6 Å². The standard InChI is InChI=1S/C12H18F2N2O/c1-12(13,14)5-4-11(17)16-9-2-3-10(16)7-8(15)6-9/h6,9-10H,2-5,7,15H2,1H3. The lowest BCUT2D eigenvalue weighted by Gasteiger charge is -2.33. The van der Waals surface area contributed by atoms with Gasteiger partial charge in [-0.3, -0.25) is 4.79 Å². The Balaban J connectivity index is 1.97. The van der Waals surface area contributed by atoms with E-state index in [2.05, 4.69) is 0 Å². The molecule has 2 aliphatic rings. The maximum Gasteiger partial charge on any atom is 0.245 e. The highest BCUT2D eigenvalue weighted by Gasteiger charge is 2.39. The van der Waals surface area contributed by atoms with Gasteiger partial charge in [-0.25, -0.2) is 8.78 Å². The molecule has 2 rings (SSSR count). The van der Waals surface area contributed by atoms with Crippen LogP contribution in [0.1, 0.15) is 39.0 Å². The maximum atomic E-state index is 12.7. The third kappa shape index (κ3) is 2.76. The first-order valence-electron chi connectivity index (χ1n) is 6.02. The fourth-order valence-corrected chi connectivity index (χ4v) is 2.71. The molecule has 0 aromatic rings. The van der Waals surface area contributed by atoms with Crippen LogP contribution in [-0.2, 0) is 4.79 Å². The smallest absolute Gasteiger partial charge is 0.245 e. The van der Waals surface area contributed by atoms with E-state index in [1.54, 1.807) is 4.90 Å². The summed E-state index contributed by atoms with van der Waals surface area (Å²) in [7, 11) is 0. The van der Waals surface area contributed by atoms with Gasteiger partial charge in [-0.15, -0.1) is 0 Å². The number of nitrogens with zero attached hydrogens (tertiary/aromatic N) is 1. The Bertz CT molecular complexity index is 349. The molecule has 2 aliphatic heterocycles. The van der Waals surface area contributed by atoms with Gasteiger partial charge in [-0.2, -0.15) is 0 Å². The Kier molecular flexibility index (Phi) is 3.10. The predicted molar refractivity (Wildman–Crippen MR) is 60.4 cm³/mol. The van der Waals surface area contributed by atoms with Crippen LogP contribution in [0.15, 0.2) is 11.8 Å². The van der Waals surface area contributed by atoms with E-state index in [1.807, 2.05) is 6.08 Å². The molecule has 2 heterocycles. The van der Waals surface area contributed by atoms with Gasteiger partial charge in [-0.1, -0.05) is 0 Å². The molecule has 0 radical (unpaired) electrons. The number of alkyl halides is 2. The minimum absolute atomic E-state index is 0.0340. The van der Waals surface area contributed by atoms with Gasteiger partial charge in [0.1, 0.15) is 0 Å². The summed E-state index contributed by atoms with van der Waals surface area (Å²) in [6, 6.07) is 0.162. The van der Waals surface area contributed by atoms with Crippen molar-refractivity contribution in [1.29, 1.82) is 0 Å². The fraction of sp³-hybridized carbons (Fsp3) is 0.750. The molecule has 0 spiro atoms. The topological polar surface area (TPSA) is 46.3 Å². The van der Waals surface area contributed by atoms with E-state index in [1.165, 1.54) is 0 Å². The molecule has 17 heavy (non-hydrogen) atoms. The van der Waals surface area contributed by atoms with Crippen LogP contribution in [0, 0.1) is 0 Å². The molecular weight excluding hydrogens is 226 g/mol. The maximum absolute atomic E-state index is 12.7. The number of carbonyl (C=O) groups is 1. The van der Waals surface area contributed by atoms with Crippen molar-refractivity contribution in [3.05, 3.63) is 11.8 Å². The summed E-state index contributed by atoms with van der Waals surface area (Å²) in [6.45, 7) is 0.850. The van der Waals surface area contributed by atoms with Crippen LogP contribution in [0.3, 0.4) is 0 Å². The minimum atomic E-state index is -2.76. The van der Waals surface area contributed by atoms with Crippen LogP contribution >= 0.6 is 0 Å². The van der Waals surface area contributed by atoms with Crippen molar-refractivity contribution in [3.8, 4) is 0 Å². The molecule has 0 aromatic carbocycles. The van der Waals surface area contributed by atoms with Gasteiger partial charge >= 0.3 is 0 Å². The Morgan fingerprint density at radius 1 is 1.59 bits per heavy atom. The van der Waals surface area contributed by atoms with E-state index >= 15 is 0 Å². The summed E-state index contributed by atoms with van der Waals surface area (Å²) in [5.41, 5.74) is 6.59. The molecular formula is C12H18F2N2O. The number of hydrogen-bond acceptors (Lipinski definition) is 2. The number of fused-ring (bicyclic) bond motifs is 2. The summed E-state index contributed by atoms with van der Waals surface area (Å²) >= 11 is 0. The largest absolute Gasteiger partial charge is 0.402 e. The van der Waals surface area contributed by atoms with Crippen LogP contribution < -0.4 is 5.73 Å². The SMILES string of the molecule is CC(F)(F)CCC(=O)N1C2C=C(N)CC1CC2. The van der Waals surface area contributed by atoms with E-state index in [0.29, 0.717) is 6.42 Å². The molecule has 5 heteroatoms. The lowest BCUT2D eigenvalue weighted by Crippen LogP contribution is -2.44. The fourth-order valence-electron chi connectivity index (χ4n) is 2.71. The lowest BCUT2D eigenvalue weighted by molar-refractivity contribution is -0.135. The van der Waals surface area contributed by atoms with E-state index in [-0.39, 0.29) is 30.8 Å². The van der Waals surface area contributed by atoms with Gasteiger partial charge in [0.05, 0.1) is 6.04 Å². The first kappa shape index (κ1) is 12.3. The molecule has 0 saturated carbocycles. The average Bonchev–Trinajstić information content (AvgIpc) is 2.47. The van der Waals surface area contributed by atoms with Gasteiger partial charge in [0.2, 0.25) is 11.8 Å². The Hall–Kier alpha value is -1.13. The third-order valence-corrected chi connectivity index (χ3v) is 3.49. The molecule has 0 aliphatic carbocycles. The number of halogens is 2. The van der Waals surface area contributed by atoms with E-state index in [0.717, 1.165) is 25.5 Å². The second-order valence-electron chi connectivity index (χ2n) is 5.12. The molecule has 2 atom stereocenters. The molecule has 2 unspecified atom stereocenters. The average molecular weight is 244 g/mol. The molecule has 96 valence electrons. The van der Waals surface area contributed by atoms with E-state index < -0.39 is 5.92 Å². The highest BCUT2D eigenvalue weighted by atomic mass is 19.3. The summed E-state index contributed by atoms with van der Waals surface area (Å²) in [6.07, 6.45) is 3.96. The summed E-state index contributed by atoms with van der Waals surface area (Å²) in [4.78, 5) is 13.7.